The highest BCUT2D eigenvalue weighted by molar-refractivity contribution is 9.11. The number of thiophene rings is 1. The molecule has 0 spiro atoms. The average molecular weight is 409 g/mol. The van der Waals surface area contributed by atoms with Crippen LogP contribution in [0.3, 0.4) is 0 Å². The maximum Gasteiger partial charge on any atom is 0.338 e. The second kappa shape index (κ2) is 7.14. The number of nitrogens with one attached hydrogen (secondary N) is 1. The van der Waals surface area contributed by atoms with Crippen LogP contribution >= 0.6 is 27.3 Å². The van der Waals surface area contributed by atoms with Gasteiger partial charge in [-0.05, 0) is 51.6 Å². The predicted molar refractivity (Wildman–Crippen MR) is 92.4 cm³/mol. The number of esters is 1. The van der Waals surface area contributed by atoms with Gasteiger partial charge in [-0.1, -0.05) is 0 Å². The zero-order valence-electron chi connectivity index (χ0n) is 12.5. The molecular formula is C16H13BrN2O4S. The lowest BCUT2D eigenvalue weighted by Crippen LogP contribution is -2.50. The smallest absolute Gasteiger partial charge is 0.338 e. The van der Waals surface area contributed by atoms with Crippen molar-refractivity contribution in [2.75, 3.05) is 5.01 Å². The topological polar surface area (TPSA) is 75.7 Å². The molecule has 0 unspecified atom stereocenters. The lowest BCUT2D eigenvalue weighted by atomic mass is 10.2. The van der Waals surface area contributed by atoms with Gasteiger partial charge in [0.15, 0.2) is 0 Å². The number of hydrogen-bond donors (Lipinski definition) is 1. The monoisotopic (exact) mass is 408 g/mol. The zero-order chi connectivity index (χ0) is 17.1. The second-order valence-corrected chi connectivity index (χ2v) is 7.44. The minimum absolute atomic E-state index is 0.172. The van der Waals surface area contributed by atoms with Crippen LogP contribution in [0.4, 0.5) is 5.69 Å². The summed E-state index contributed by atoms with van der Waals surface area (Å²) in [6.07, 6.45) is 0.365. The maximum atomic E-state index is 12.0. The Morgan fingerprint density at radius 1 is 1.25 bits per heavy atom. The quantitative estimate of drug-likeness (QED) is 0.788. The van der Waals surface area contributed by atoms with Gasteiger partial charge in [0.05, 0.1) is 15.0 Å². The van der Waals surface area contributed by atoms with Gasteiger partial charge in [-0.15, -0.1) is 11.3 Å². The minimum Gasteiger partial charge on any atom is -0.457 e. The van der Waals surface area contributed by atoms with Crippen molar-refractivity contribution in [1.82, 2.24) is 5.43 Å². The van der Waals surface area contributed by atoms with Crippen LogP contribution in [0.15, 0.2) is 39.5 Å². The number of ether oxygens (including phenoxy) is 1. The molecule has 3 rings (SSSR count). The molecule has 24 heavy (non-hydrogen) atoms. The van der Waals surface area contributed by atoms with Crippen molar-refractivity contribution in [1.29, 1.82) is 0 Å². The molecular weight excluding hydrogens is 396 g/mol. The van der Waals surface area contributed by atoms with Gasteiger partial charge in [0, 0.05) is 18.4 Å². The first kappa shape index (κ1) is 16.7. The first-order valence-corrected chi connectivity index (χ1v) is 8.83. The van der Waals surface area contributed by atoms with E-state index in [0.717, 1.165) is 9.35 Å². The lowest BCUT2D eigenvalue weighted by Gasteiger charge is -2.27. The molecule has 8 heteroatoms. The molecule has 0 radical (unpaired) electrons. The summed E-state index contributed by atoms with van der Waals surface area (Å²) in [5.74, 6) is -0.842. The van der Waals surface area contributed by atoms with Gasteiger partial charge >= 0.3 is 5.97 Å². The molecule has 0 aliphatic carbocycles. The third-order valence-electron chi connectivity index (χ3n) is 3.40. The maximum absolute atomic E-state index is 12.0. The molecule has 1 aromatic heterocycles. The molecule has 1 fully saturated rings. The Morgan fingerprint density at radius 2 is 2.00 bits per heavy atom. The SMILES string of the molecule is O=C1CCC(=O)N(c2ccc(C(=O)OCc3csc(Br)c3)cc2)N1. The zero-order valence-corrected chi connectivity index (χ0v) is 14.9. The Kier molecular flexibility index (Phi) is 4.96. The number of hydrogen-bond acceptors (Lipinski definition) is 5. The molecule has 1 aromatic carbocycles. The van der Waals surface area contributed by atoms with Crippen molar-refractivity contribution < 1.29 is 19.1 Å². The molecule has 6 nitrogen and oxygen atoms in total. The Balaban J connectivity index is 1.64. The summed E-state index contributed by atoms with van der Waals surface area (Å²) in [6, 6.07) is 8.22. The normalized spacial score (nSPS) is 14.5. The second-order valence-electron chi connectivity index (χ2n) is 5.15. The number of carbonyl (C=O) groups excluding carboxylic acids is 3. The number of hydrazine groups is 1. The average Bonchev–Trinajstić information content (AvgIpc) is 3.00. The van der Waals surface area contributed by atoms with Gasteiger partial charge in [0.25, 0.3) is 0 Å². The Hall–Kier alpha value is -2.19. The summed E-state index contributed by atoms with van der Waals surface area (Å²) in [6.45, 7) is 0.198. The van der Waals surface area contributed by atoms with E-state index in [2.05, 4.69) is 21.4 Å². The van der Waals surface area contributed by atoms with Crippen LogP contribution in [-0.4, -0.2) is 17.8 Å². The van der Waals surface area contributed by atoms with Crippen molar-refractivity contribution in [3.63, 3.8) is 0 Å². The molecule has 0 bridgehead atoms. The third kappa shape index (κ3) is 3.82. The van der Waals surface area contributed by atoms with Crippen molar-refractivity contribution in [3.8, 4) is 0 Å². The number of anilines is 1. The van der Waals surface area contributed by atoms with Crippen LogP contribution in [0.2, 0.25) is 0 Å². The van der Waals surface area contributed by atoms with E-state index >= 15 is 0 Å². The number of nitrogens with zero attached hydrogens (tertiary/aromatic N) is 1. The van der Waals surface area contributed by atoms with E-state index in [1.54, 1.807) is 24.3 Å². The summed E-state index contributed by atoms with van der Waals surface area (Å²) in [4.78, 5) is 35.3. The van der Waals surface area contributed by atoms with Crippen molar-refractivity contribution >= 4 is 50.7 Å². The Morgan fingerprint density at radius 3 is 2.67 bits per heavy atom. The minimum atomic E-state index is -0.446. The Bertz CT molecular complexity index is 788. The van der Waals surface area contributed by atoms with Crippen LogP contribution in [0.25, 0.3) is 0 Å². The van der Waals surface area contributed by atoms with Gasteiger partial charge in [0.1, 0.15) is 6.61 Å². The fourth-order valence-corrected chi connectivity index (χ4v) is 3.38. The standard InChI is InChI=1S/C16H13BrN2O4S/c17-13-7-10(9-24-13)8-23-16(22)11-1-3-12(4-2-11)19-15(21)6-5-14(20)18-19/h1-4,7,9H,5-6,8H2,(H,18,20). The van der Waals surface area contributed by atoms with Gasteiger partial charge in [-0.2, -0.15) is 0 Å². The molecule has 124 valence electrons. The van der Waals surface area contributed by atoms with Crippen LogP contribution < -0.4 is 10.4 Å². The predicted octanol–water partition coefficient (Wildman–Crippen LogP) is 3.03. The van der Waals surface area contributed by atoms with Crippen LogP contribution in [0.5, 0.6) is 0 Å². The molecule has 1 aliphatic heterocycles. The summed E-state index contributed by atoms with van der Waals surface area (Å²) in [5.41, 5.74) is 4.31. The molecule has 1 N–H and O–H groups in total. The fraction of sp³-hybridized carbons (Fsp3) is 0.188. The van der Waals surface area contributed by atoms with Gasteiger partial charge in [-0.3, -0.25) is 15.0 Å². The van der Waals surface area contributed by atoms with Gasteiger partial charge in [0.2, 0.25) is 11.8 Å². The van der Waals surface area contributed by atoms with Crippen LogP contribution in [-0.2, 0) is 20.9 Å². The van der Waals surface area contributed by atoms with E-state index in [0.29, 0.717) is 11.3 Å². The molecule has 1 saturated heterocycles. The summed E-state index contributed by atoms with van der Waals surface area (Å²) < 4.78 is 6.23. The van der Waals surface area contributed by atoms with Crippen LogP contribution in [0.1, 0.15) is 28.8 Å². The largest absolute Gasteiger partial charge is 0.457 e. The first-order chi connectivity index (χ1) is 11.5. The molecule has 0 atom stereocenters. The van der Waals surface area contributed by atoms with E-state index in [4.69, 9.17) is 4.74 Å². The van der Waals surface area contributed by atoms with Crippen molar-refractivity contribution in [2.45, 2.75) is 19.4 Å². The van der Waals surface area contributed by atoms with E-state index in [1.165, 1.54) is 16.3 Å². The van der Waals surface area contributed by atoms with Crippen LogP contribution in [0, 0.1) is 0 Å². The van der Waals surface area contributed by atoms with Gasteiger partial charge in [-0.25, -0.2) is 9.80 Å². The molecule has 1 aliphatic rings. The van der Waals surface area contributed by atoms with E-state index in [-0.39, 0.29) is 31.3 Å². The number of carbonyl (C=O) groups is 3. The Labute approximate surface area is 150 Å². The summed E-state index contributed by atoms with van der Waals surface area (Å²) in [7, 11) is 0. The third-order valence-corrected chi connectivity index (χ3v) is 4.96. The number of amides is 2. The summed E-state index contributed by atoms with van der Waals surface area (Å²) >= 11 is 4.88. The molecule has 2 aromatic rings. The fourth-order valence-electron chi connectivity index (χ4n) is 2.18. The highest BCUT2D eigenvalue weighted by atomic mass is 79.9. The lowest BCUT2D eigenvalue weighted by molar-refractivity contribution is -0.130. The van der Waals surface area contributed by atoms with Gasteiger partial charge < -0.3 is 4.74 Å². The number of rotatable bonds is 4. The molecule has 0 saturated carbocycles. The number of halogens is 1. The van der Waals surface area contributed by atoms with E-state index in [9.17, 15) is 14.4 Å². The highest BCUT2D eigenvalue weighted by Gasteiger charge is 2.24. The molecule has 2 heterocycles. The first-order valence-electron chi connectivity index (χ1n) is 7.15. The van der Waals surface area contributed by atoms with E-state index in [1.807, 2.05) is 11.4 Å². The molecule has 2 amide bonds. The van der Waals surface area contributed by atoms with E-state index < -0.39 is 5.97 Å². The van der Waals surface area contributed by atoms with Crippen molar-refractivity contribution in [3.05, 3.63) is 50.6 Å². The number of benzene rings is 1. The highest BCUT2D eigenvalue weighted by Crippen LogP contribution is 2.22. The van der Waals surface area contributed by atoms with Crippen molar-refractivity contribution in [2.24, 2.45) is 0 Å². The summed E-state index contributed by atoms with van der Waals surface area (Å²) in [5, 5.41) is 3.11.